The number of fused-ring (bicyclic) bond motifs is 2. The molecule has 2 aliphatic rings. The van der Waals surface area contributed by atoms with Crippen molar-refractivity contribution in [3.05, 3.63) is 22.5 Å². The van der Waals surface area contributed by atoms with Gasteiger partial charge in [0.25, 0.3) is 0 Å². The number of nitrogens with one attached hydrogen (secondary N) is 1. The third kappa shape index (κ3) is 2.04. The van der Waals surface area contributed by atoms with Crippen LogP contribution in [-0.2, 0) is 12.8 Å². The quantitative estimate of drug-likeness (QED) is 0.887. The van der Waals surface area contributed by atoms with E-state index in [9.17, 15) is 4.79 Å². The lowest BCUT2D eigenvalue weighted by atomic mass is 9.72. The molecule has 1 N–H and O–H groups in total. The molecule has 0 radical (unpaired) electrons. The van der Waals surface area contributed by atoms with Crippen LogP contribution in [0.4, 0.5) is 0 Å². The average Bonchev–Trinajstić information content (AvgIpc) is 2.68. The van der Waals surface area contributed by atoms with Gasteiger partial charge in [0.1, 0.15) is 0 Å². The Morgan fingerprint density at radius 1 is 1.42 bits per heavy atom. The molecule has 1 aromatic heterocycles. The summed E-state index contributed by atoms with van der Waals surface area (Å²) in [5.74, 6) is 1.20. The maximum atomic E-state index is 12.9. The molecule has 1 aliphatic carbocycles. The molecule has 2 unspecified atom stereocenters. The molecule has 1 fully saturated rings. The smallest absolute Gasteiger partial charge is 0.169 e. The number of ketones is 1. The molecule has 3 heteroatoms. The van der Waals surface area contributed by atoms with Crippen LogP contribution >= 0.6 is 0 Å². The Hall–Kier alpha value is -1.09. The maximum Gasteiger partial charge on any atom is 0.169 e. The highest BCUT2D eigenvalue weighted by Gasteiger charge is 2.40. The number of H-pyrrole nitrogens is 1. The van der Waals surface area contributed by atoms with E-state index in [2.05, 4.69) is 30.8 Å². The molecule has 1 saturated heterocycles. The minimum absolute atomic E-state index is 0.233. The van der Waals surface area contributed by atoms with Gasteiger partial charge in [-0.25, -0.2) is 0 Å². The van der Waals surface area contributed by atoms with Crippen molar-refractivity contribution in [2.75, 3.05) is 20.1 Å². The first kappa shape index (κ1) is 12.9. The minimum Gasteiger partial charge on any atom is -0.362 e. The van der Waals surface area contributed by atoms with Gasteiger partial charge in [0.2, 0.25) is 0 Å². The predicted octanol–water partition coefficient (Wildman–Crippen LogP) is 2.58. The van der Waals surface area contributed by atoms with Crippen LogP contribution in [0.25, 0.3) is 0 Å². The Balaban J connectivity index is 2.00. The van der Waals surface area contributed by atoms with E-state index in [0.717, 1.165) is 44.3 Å². The Morgan fingerprint density at radius 2 is 2.21 bits per heavy atom. The summed E-state index contributed by atoms with van der Waals surface area (Å²) in [6, 6.07) is 0. The van der Waals surface area contributed by atoms with E-state index in [-0.39, 0.29) is 5.92 Å². The maximum absolute atomic E-state index is 12.9. The summed E-state index contributed by atoms with van der Waals surface area (Å²) >= 11 is 0. The van der Waals surface area contributed by atoms with Gasteiger partial charge in [0.05, 0.1) is 0 Å². The zero-order chi connectivity index (χ0) is 13.6. The first-order chi connectivity index (χ1) is 9.11. The number of nitrogens with zero attached hydrogens (tertiary/aromatic N) is 1. The van der Waals surface area contributed by atoms with Gasteiger partial charge >= 0.3 is 0 Å². The summed E-state index contributed by atoms with van der Waals surface area (Å²) < 4.78 is 0. The third-order valence-corrected chi connectivity index (χ3v) is 4.90. The SMILES string of the molecule is CCCc1c(C)[nH]c2c1C(=O)C1CN(C)CCC1C2. The number of aromatic nitrogens is 1. The molecule has 0 bridgehead atoms. The fraction of sp³-hybridized carbons (Fsp3) is 0.688. The molecule has 0 amide bonds. The second kappa shape index (κ2) is 4.78. The highest BCUT2D eigenvalue weighted by atomic mass is 16.1. The third-order valence-electron chi connectivity index (χ3n) is 4.90. The van der Waals surface area contributed by atoms with Crippen molar-refractivity contribution < 1.29 is 4.79 Å². The van der Waals surface area contributed by atoms with E-state index in [4.69, 9.17) is 0 Å². The van der Waals surface area contributed by atoms with Crippen LogP contribution in [0.15, 0.2) is 0 Å². The van der Waals surface area contributed by atoms with Crippen molar-refractivity contribution in [2.24, 2.45) is 11.8 Å². The fourth-order valence-corrected chi connectivity index (χ4v) is 3.90. The van der Waals surface area contributed by atoms with Crippen LogP contribution in [0, 0.1) is 18.8 Å². The standard InChI is InChI=1S/C16H24N2O/c1-4-5-12-10(2)17-14-8-11-6-7-18(3)9-13(11)16(19)15(12)14/h11,13,17H,4-9H2,1-3H3. The van der Waals surface area contributed by atoms with Crippen LogP contribution < -0.4 is 0 Å². The summed E-state index contributed by atoms with van der Waals surface area (Å²) in [7, 11) is 2.13. The van der Waals surface area contributed by atoms with Gasteiger partial charge < -0.3 is 9.88 Å². The number of hydrogen-bond acceptors (Lipinski definition) is 2. The van der Waals surface area contributed by atoms with Crippen LogP contribution in [-0.4, -0.2) is 35.8 Å². The first-order valence-electron chi connectivity index (χ1n) is 7.54. The van der Waals surface area contributed by atoms with E-state index in [1.54, 1.807) is 0 Å². The van der Waals surface area contributed by atoms with Crippen LogP contribution in [0.3, 0.4) is 0 Å². The Kier molecular flexibility index (Phi) is 3.25. The molecule has 2 atom stereocenters. The number of likely N-dealkylation sites (tertiary alicyclic amines) is 1. The van der Waals surface area contributed by atoms with E-state index in [1.165, 1.54) is 17.0 Å². The Morgan fingerprint density at radius 3 is 2.95 bits per heavy atom. The number of piperidine rings is 1. The molecule has 19 heavy (non-hydrogen) atoms. The van der Waals surface area contributed by atoms with Crippen molar-refractivity contribution in [3.8, 4) is 0 Å². The van der Waals surface area contributed by atoms with Gasteiger partial charge in [-0.05, 0) is 51.3 Å². The molecule has 0 spiro atoms. The molecule has 3 rings (SSSR count). The van der Waals surface area contributed by atoms with Gasteiger partial charge in [0.15, 0.2) is 5.78 Å². The number of aryl methyl sites for hydroxylation is 1. The number of rotatable bonds is 2. The highest BCUT2D eigenvalue weighted by Crippen LogP contribution is 2.37. The monoisotopic (exact) mass is 260 g/mol. The summed E-state index contributed by atoms with van der Waals surface area (Å²) in [4.78, 5) is 18.7. The number of Topliss-reactive ketones (excluding diaryl/α,β-unsaturated/α-hetero) is 1. The minimum atomic E-state index is 0.233. The predicted molar refractivity (Wildman–Crippen MR) is 76.7 cm³/mol. The lowest BCUT2D eigenvalue weighted by Crippen LogP contribution is -2.45. The van der Waals surface area contributed by atoms with Gasteiger partial charge in [0, 0.05) is 29.4 Å². The number of hydrogen-bond donors (Lipinski definition) is 1. The average molecular weight is 260 g/mol. The van der Waals surface area contributed by atoms with Gasteiger partial charge in [-0.15, -0.1) is 0 Å². The van der Waals surface area contributed by atoms with Crippen molar-refractivity contribution in [3.63, 3.8) is 0 Å². The number of aromatic amines is 1. The molecule has 2 heterocycles. The number of carbonyl (C=O) groups excluding carboxylic acids is 1. The molecule has 3 nitrogen and oxygen atoms in total. The normalized spacial score (nSPS) is 27.2. The molecule has 104 valence electrons. The lowest BCUT2D eigenvalue weighted by molar-refractivity contribution is 0.0705. The van der Waals surface area contributed by atoms with E-state index >= 15 is 0 Å². The van der Waals surface area contributed by atoms with Gasteiger partial charge in [-0.3, -0.25) is 4.79 Å². The Bertz CT molecular complexity index is 503. The second-order valence-corrected chi connectivity index (χ2v) is 6.32. The zero-order valence-corrected chi connectivity index (χ0v) is 12.3. The van der Waals surface area contributed by atoms with Crippen LogP contribution in [0.2, 0.25) is 0 Å². The number of carbonyl (C=O) groups is 1. The summed E-state index contributed by atoms with van der Waals surface area (Å²) in [5.41, 5.74) is 4.77. The molecular weight excluding hydrogens is 236 g/mol. The van der Waals surface area contributed by atoms with Crippen LogP contribution in [0.5, 0.6) is 0 Å². The largest absolute Gasteiger partial charge is 0.362 e. The van der Waals surface area contributed by atoms with Crippen molar-refractivity contribution in [1.82, 2.24) is 9.88 Å². The second-order valence-electron chi connectivity index (χ2n) is 6.32. The summed E-state index contributed by atoms with van der Waals surface area (Å²) in [6.45, 7) is 6.37. The van der Waals surface area contributed by atoms with Crippen LogP contribution in [0.1, 0.15) is 47.1 Å². The van der Waals surface area contributed by atoms with Gasteiger partial charge in [-0.1, -0.05) is 13.3 Å². The summed E-state index contributed by atoms with van der Waals surface area (Å²) in [5, 5.41) is 0. The summed E-state index contributed by atoms with van der Waals surface area (Å²) in [6.07, 6.45) is 4.36. The van der Waals surface area contributed by atoms with E-state index in [0.29, 0.717) is 11.7 Å². The molecule has 0 saturated carbocycles. The highest BCUT2D eigenvalue weighted by molar-refractivity contribution is 6.02. The molecule has 0 aromatic carbocycles. The van der Waals surface area contributed by atoms with Crippen molar-refractivity contribution in [1.29, 1.82) is 0 Å². The topological polar surface area (TPSA) is 36.1 Å². The molecule has 1 aliphatic heterocycles. The zero-order valence-electron chi connectivity index (χ0n) is 12.3. The van der Waals surface area contributed by atoms with E-state index in [1.807, 2.05) is 0 Å². The van der Waals surface area contributed by atoms with E-state index < -0.39 is 0 Å². The molecular formula is C16H24N2O. The Labute approximate surface area is 115 Å². The van der Waals surface area contributed by atoms with Gasteiger partial charge in [-0.2, -0.15) is 0 Å². The van der Waals surface area contributed by atoms with Crippen molar-refractivity contribution >= 4 is 5.78 Å². The fourth-order valence-electron chi connectivity index (χ4n) is 3.90. The van der Waals surface area contributed by atoms with Crippen molar-refractivity contribution in [2.45, 2.75) is 39.5 Å². The molecule has 1 aromatic rings. The lowest BCUT2D eigenvalue weighted by Gasteiger charge is -2.38. The first-order valence-corrected chi connectivity index (χ1v) is 7.54.